The summed E-state index contributed by atoms with van der Waals surface area (Å²) in [5.41, 5.74) is 2.35. The number of methoxy groups -OCH3 is 1. The fourth-order valence-electron chi connectivity index (χ4n) is 1.88. The van der Waals surface area contributed by atoms with Gasteiger partial charge in [-0.25, -0.2) is 0 Å². The molecule has 0 aliphatic rings. The molecule has 1 amide bonds. The molecule has 0 aromatic heterocycles. The number of carbonyl (C=O) groups excluding carboxylic acids is 1. The van der Waals surface area contributed by atoms with E-state index in [4.69, 9.17) is 21.6 Å². The van der Waals surface area contributed by atoms with Crippen molar-refractivity contribution in [3.8, 4) is 11.8 Å². The number of carbonyl (C=O) groups is 1. The maximum absolute atomic E-state index is 11.9. The molecule has 2 aromatic rings. The Balaban J connectivity index is 1.80. The minimum absolute atomic E-state index is 0.0927. The molecule has 0 radical (unpaired) electrons. The molecule has 4 nitrogen and oxygen atoms in total. The first-order valence-corrected chi connectivity index (χ1v) is 8.36. The van der Waals surface area contributed by atoms with E-state index in [9.17, 15) is 4.79 Å². The number of thioether (sulfide) groups is 1. The zero-order valence-electron chi connectivity index (χ0n) is 12.5. The highest BCUT2D eigenvalue weighted by Crippen LogP contribution is 2.27. The van der Waals surface area contributed by atoms with Gasteiger partial charge in [0.1, 0.15) is 5.75 Å². The second kappa shape index (κ2) is 8.47. The molecule has 0 aliphatic heterocycles. The van der Waals surface area contributed by atoms with Crippen molar-refractivity contribution in [3.63, 3.8) is 0 Å². The van der Waals surface area contributed by atoms with E-state index < -0.39 is 0 Å². The van der Waals surface area contributed by atoms with Gasteiger partial charge in [0.15, 0.2) is 0 Å². The van der Waals surface area contributed by atoms with Crippen molar-refractivity contribution in [2.75, 3.05) is 18.2 Å². The van der Waals surface area contributed by atoms with Gasteiger partial charge < -0.3 is 10.1 Å². The van der Waals surface area contributed by atoms with E-state index >= 15 is 0 Å². The van der Waals surface area contributed by atoms with Crippen molar-refractivity contribution in [1.82, 2.24) is 0 Å². The SMILES string of the molecule is COc1ccc(NC(=O)CSCc2ccc(C#N)cc2)cc1Cl. The molecule has 0 atom stereocenters. The summed E-state index contributed by atoms with van der Waals surface area (Å²) >= 11 is 7.52. The monoisotopic (exact) mass is 346 g/mol. The highest BCUT2D eigenvalue weighted by Gasteiger charge is 2.06. The highest BCUT2D eigenvalue weighted by molar-refractivity contribution is 7.99. The average Bonchev–Trinajstić information content (AvgIpc) is 2.55. The number of hydrogen-bond donors (Lipinski definition) is 1. The average molecular weight is 347 g/mol. The molecule has 2 aromatic carbocycles. The zero-order chi connectivity index (χ0) is 16.7. The fourth-order valence-corrected chi connectivity index (χ4v) is 2.92. The first kappa shape index (κ1) is 17.2. The van der Waals surface area contributed by atoms with Gasteiger partial charge in [-0.3, -0.25) is 4.79 Å². The highest BCUT2D eigenvalue weighted by atomic mass is 35.5. The smallest absolute Gasteiger partial charge is 0.234 e. The number of hydrogen-bond acceptors (Lipinski definition) is 4. The van der Waals surface area contributed by atoms with Gasteiger partial charge in [-0.15, -0.1) is 11.8 Å². The van der Waals surface area contributed by atoms with Crippen LogP contribution in [0, 0.1) is 11.3 Å². The minimum Gasteiger partial charge on any atom is -0.495 e. The standard InChI is InChI=1S/C17H15ClN2O2S/c1-22-16-7-6-14(8-15(16)18)20-17(21)11-23-10-13-4-2-12(9-19)3-5-13/h2-8H,10-11H2,1H3,(H,20,21). The van der Waals surface area contributed by atoms with Crippen molar-refractivity contribution in [3.05, 3.63) is 58.6 Å². The molecule has 0 unspecified atom stereocenters. The van der Waals surface area contributed by atoms with Crippen LogP contribution < -0.4 is 10.1 Å². The summed E-state index contributed by atoms with van der Waals surface area (Å²) in [6.45, 7) is 0. The molecule has 0 saturated heterocycles. The molecule has 0 heterocycles. The molecule has 23 heavy (non-hydrogen) atoms. The number of rotatable bonds is 6. The number of nitrogens with one attached hydrogen (secondary N) is 1. The summed E-state index contributed by atoms with van der Waals surface area (Å²) in [6.07, 6.45) is 0. The number of ether oxygens (including phenoxy) is 1. The van der Waals surface area contributed by atoms with Crippen LogP contribution in [0.2, 0.25) is 5.02 Å². The fraction of sp³-hybridized carbons (Fsp3) is 0.176. The van der Waals surface area contributed by atoms with E-state index in [1.165, 1.54) is 11.8 Å². The predicted molar refractivity (Wildman–Crippen MR) is 94.0 cm³/mol. The number of nitrogens with zero attached hydrogens (tertiary/aromatic N) is 1. The van der Waals surface area contributed by atoms with Gasteiger partial charge in [-0.05, 0) is 35.9 Å². The largest absolute Gasteiger partial charge is 0.495 e. The molecule has 0 aliphatic carbocycles. The Bertz CT molecular complexity index is 726. The van der Waals surface area contributed by atoms with Crippen molar-refractivity contribution in [2.24, 2.45) is 0 Å². The van der Waals surface area contributed by atoms with E-state index in [1.54, 1.807) is 37.4 Å². The van der Waals surface area contributed by atoms with Gasteiger partial charge in [-0.1, -0.05) is 23.7 Å². The molecule has 0 fully saturated rings. The first-order valence-electron chi connectivity index (χ1n) is 6.82. The number of amides is 1. The maximum Gasteiger partial charge on any atom is 0.234 e. The Kier molecular flexibility index (Phi) is 6.33. The second-order valence-electron chi connectivity index (χ2n) is 4.70. The summed E-state index contributed by atoms with van der Waals surface area (Å²) in [5.74, 6) is 1.52. The lowest BCUT2D eigenvalue weighted by atomic mass is 10.2. The van der Waals surface area contributed by atoms with Crippen molar-refractivity contribution >= 4 is 35.0 Å². The van der Waals surface area contributed by atoms with Gasteiger partial charge in [0.25, 0.3) is 0 Å². The topological polar surface area (TPSA) is 62.1 Å². The number of nitriles is 1. The molecule has 0 bridgehead atoms. The summed E-state index contributed by atoms with van der Waals surface area (Å²) in [5, 5.41) is 12.0. The number of anilines is 1. The maximum atomic E-state index is 11.9. The normalized spacial score (nSPS) is 9.96. The van der Waals surface area contributed by atoms with Gasteiger partial charge in [0, 0.05) is 11.4 Å². The van der Waals surface area contributed by atoms with E-state index in [2.05, 4.69) is 11.4 Å². The van der Waals surface area contributed by atoms with Crippen LogP contribution in [0.4, 0.5) is 5.69 Å². The second-order valence-corrected chi connectivity index (χ2v) is 6.09. The van der Waals surface area contributed by atoms with E-state index in [-0.39, 0.29) is 5.91 Å². The Hall–Kier alpha value is -2.16. The molecule has 118 valence electrons. The van der Waals surface area contributed by atoms with Gasteiger partial charge in [0.2, 0.25) is 5.91 Å². The van der Waals surface area contributed by atoms with Crippen LogP contribution >= 0.6 is 23.4 Å². The molecule has 0 saturated carbocycles. The number of benzene rings is 2. The Morgan fingerprint density at radius 3 is 2.65 bits per heavy atom. The quantitative estimate of drug-likeness (QED) is 0.855. The summed E-state index contributed by atoms with van der Waals surface area (Å²) in [4.78, 5) is 11.9. The zero-order valence-corrected chi connectivity index (χ0v) is 14.1. The summed E-state index contributed by atoms with van der Waals surface area (Å²) in [7, 11) is 1.54. The van der Waals surface area contributed by atoms with Crippen LogP contribution in [0.15, 0.2) is 42.5 Å². The van der Waals surface area contributed by atoms with E-state index in [0.717, 1.165) is 5.56 Å². The van der Waals surface area contributed by atoms with Crippen LogP contribution in [-0.2, 0) is 10.5 Å². The molecular weight excluding hydrogens is 332 g/mol. The summed E-state index contributed by atoms with van der Waals surface area (Å²) < 4.78 is 5.07. The van der Waals surface area contributed by atoms with Crippen LogP contribution in [0.25, 0.3) is 0 Å². The molecular formula is C17H15ClN2O2S. The van der Waals surface area contributed by atoms with Crippen molar-refractivity contribution in [1.29, 1.82) is 5.26 Å². The molecule has 0 spiro atoms. The van der Waals surface area contributed by atoms with Crippen molar-refractivity contribution in [2.45, 2.75) is 5.75 Å². The Labute approximate surface area is 144 Å². The third kappa shape index (κ3) is 5.20. The van der Waals surface area contributed by atoms with Gasteiger partial charge >= 0.3 is 0 Å². The lowest BCUT2D eigenvalue weighted by Crippen LogP contribution is -2.14. The third-order valence-electron chi connectivity index (χ3n) is 3.02. The van der Waals surface area contributed by atoms with Gasteiger partial charge in [-0.2, -0.15) is 5.26 Å². The predicted octanol–water partition coefficient (Wildman–Crippen LogP) is 4.09. The van der Waals surface area contributed by atoms with Crippen LogP contribution in [0.3, 0.4) is 0 Å². The third-order valence-corrected chi connectivity index (χ3v) is 4.32. The van der Waals surface area contributed by atoms with Gasteiger partial charge in [0.05, 0.1) is 29.5 Å². The summed E-state index contributed by atoms with van der Waals surface area (Å²) in [6, 6.07) is 14.5. The van der Waals surface area contributed by atoms with Crippen molar-refractivity contribution < 1.29 is 9.53 Å². The van der Waals surface area contributed by atoms with E-state index in [1.807, 2.05) is 12.1 Å². The first-order chi connectivity index (χ1) is 11.1. The van der Waals surface area contributed by atoms with Crippen LogP contribution in [-0.4, -0.2) is 18.8 Å². The minimum atomic E-state index is -0.0927. The lowest BCUT2D eigenvalue weighted by Gasteiger charge is -2.08. The Morgan fingerprint density at radius 1 is 1.30 bits per heavy atom. The molecule has 6 heteroatoms. The molecule has 1 N–H and O–H groups in total. The molecule has 2 rings (SSSR count). The number of halogens is 1. The van der Waals surface area contributed by atoms with E-state index in [0.29, 0.717) is 33.5 Å². The lowest BCUT2D eigenvalue weighted by molar-refractivity contribution is -0.113. The van der Waals surface area contributed by atoms with Crippen LogP contribution in [0.1, 0.15) is 11.1 Å². The Morgan fingerprint density at radius 2 is 2.04 bits per heavy atom. The van der Waals surface area contributed by atoms with Crippen LogP contribution in [0.5, 0.6) is 5.75 Å².